The number of carbonyl (C=O) groups is 1. The molecule has 116 valence electrons. The number of phenolic OH excluding ortho intramolecular Hbond substituents is 1. The second-order valence-corrected chi connectivity index (χ2v) is 3.95. The molecule has 2 rings (SSSR count). The first kappa shape index (κ1) is 17.2. The molecule has 2 aromatic carbocycles. The number of para-hydroxylation sites is 1. The molecule has 22 heavy (non-hydrogen) atoms. The van der Waals surface area contributed by atoms with Crippen LogP contribution in [0, 0.1) is 0 Å². The molecule has 0 unspecified atom stereocenters. The van der Waals surface area contributed by atoms with Gasteiger partial charge >= 0.3 is 0 Å². The van der Waals surface area contributed by atoms with Gasteiger partial charge in [-0.15, -0.1) is 0 Å². The van der Waals surface area contributed by atoms with Gasteiger partial charge in [0.15, 0.2) is 0 Å². The summed E-state index contributed by atoms with van der Waals surface area (Å²) in [6.45, 7) is 4.00. The zero-order chi connectivity index (χ0) is 16.4. The van der Waals surface area contributed by atoms with Gasteiger partial charge in [-0.3, -0.25) is 15.5 Å². The molecule has 0 atom stereocenters. The average molecular weight is 301 g/mol. The van der Waals surface area contributed by atoms with Crippen molar-refractivity contribution in [2.75, 3.05) is 5.48 Å². The van der Waals surface area contributed by atoms with Gasteiger partial charge in [0.1, 0.15) is 5.75 Å². The number of nitrogens with zero attached hydrogens (tertiary/aromatic N) is 1. The zero-order valence-electron chi connectivity index (χ0n) is 12.4. The SMILES string of the molecule is CC.O=C(N/N=C/c1ccccc1O)c1cccc(NO)c1. The van der Waals surface area contributed by atoms with Crippen LogP contribution in [0.15, 0.2) is 53.6 Å². The molecule has 0 aromatic heterocycles. The monoisotopic (exact) mass is 301 g/mol. The fraction of sp³-hybridized carbons (Fsp3) is 0.125. The van der Waals surface area contributed by atoms with Crippen LogP contribution in [0.4, 0.5) is 5.69 Å². The van der Waals surface area contributed by atoms with E-state index in [0.29, 0.717) is 16.8 Å². The van der Waals surface area contributed by atoms with Gasteiger partial charge in [0.25, 0.3) is 5.91 Å². The van der Waals surface area contributed by atoms with E-state index in [0.717, 1.165) is 0 Å². The summed E-state index contributed by atoms with van der Waals surface area (Å²) >= 11 is 0. The first-order valence-corrected chi connectivity index (χ1v) is 6.82. The van der Waals surface area contributed by atoms with Crippen LogP contribution in [0.2, 0.25) is 0 Å². The van der Waals surface area contributed by atoms with Gasteiger partial charge in [0, 0.05) is 11.1 Å². The van der Waals surface area contributed by atoms with Crippen LogP contribution in [-0.4, -0.2) is 22.4 Å². The number of hydrogen-bond donors (Lipinski definition) is 4. The standard InChI is InChI=1S/C14H13N3O3.C2H6/c18-13-7-2-1-4-11(13)9-15-16-14(19)10-5-3-6-12(8-10)17-20;1-2/h1-9,17-18,20H,(H,16,19);1-2H3/b15-9+;. The molecule has 0 bridgehead atoms. The number of aromatic hydroxyl groups is 1. The van der Waals surface area contributed by atoms with E-state index < -0.39 is 5.91 Å². The second-order valence-electron chi connectivity index (χ2n) is 3.95. The van der Waals surface area contributed by atoms with Crippen LogP contribution in [0.5, 0.6) is 5.75 Å². The number of phenols is 1. The lowest BCUT2D eigenvalue weighted by Gasteiger charge is -2.02. The van der Waals surface area contributed by atoms with Crippen molar-refractivity contribution in [2.24, 2.45) is 5.10 Å². The number of benzene rings is 2. The van der Waals surface area contributed by atoms with Gasteiger partial charge in [-0.2, -0.15) is 5.10 Å². The minimum absolute atomic E-state index is 0.0805. The van der Waals surface area contributed by atoms with Crippen molar-refractivity contribution < 1.29 is 15.1 Å². The van der Waals surface area contributed by atoms with E-state index in [1.807, 2.05) is 19.3 Å². The average Bonchev–Trinajstić information content (AvgIpc) is 2.58. The number of nitrogens with one attached hydrogen (secondary N) is 2. The third-order valence-corrected chi connectivity index (χ3v) is 2.56. The normalized spacial score (nSPS) is 9.77. The first-order chi connectivity index (χ1) is 10.7. The Bertz CT molecular complexity index is 642. The van der Waals surface area contributed by atoms with Crippen molar-refractivity contribution in [1.29, 1.82) is 0 Å². The number of carbonyl (C=O) groups excluding carboxylic acids is 1. The van der Waals surface area contributed by atoms with Crippen molar-refractivity contribution in [1.82, 2.24) is 5.43 Å². The van der Waals surface area contributed by atoms with Crippen molar-refractivity contribution in [3.63, 3.8) is 0 Å². The molecule has 2 aromatic rings. The summed E-state index contributed by atoms with van der Waals surface area (Å²) in [6.07, 6.45) is 1.35. The topological polar surface area (TPSA) is 94.0 Å². The smallest absolute Gasteiger partial charge is 0.271 e. The molecule has 0 aliphatic carbocycles. The fourth-order valence-corrected chi connectivity index (χ4v) is 1.55. The fourth-order valence-electron chi connectivity index (χ4n) is 1.55. The van der Waals surface area contributed by atoms with Crippen molar-refractivity contribution in [3.05, 3.63) is 59.7 Å². The summed E-state index contributed by atoms with van der Waals surface area (Å²) in [7, 11) is 0. The second kappa shape index (κ2) is 9.15. The molecule has 6 heteroatoms. The van der Waals surface area contributed by atoms with Gasteiger partial charge in [-0.05, 0) is 30.3 Å². The molecule has 0 saturated carbocycles. The van der Waals surface area contributed by atoms with Crippen molar-refractivity contribution >= 4 is 17.8 Å². The van der Waals surface area contributed by atoms with Crippen LogP contribution in [0.3, 0.4) is 0 Å². The molecule has 0 fully saturated rings. The Labute approximate surface area is 129 Å². The van der Waals surface area contributed by atoms with E-state index in [-0.39, 0.29) is 5.75 Å². The van der Waals surface area contributed by atoms with E-state index in [2.05, 4.69) is 10.5 Å². The van der Waals surface area contributed by atoms with Crippen LogP contribution in [0.25, 0.3) is 0 Å². The zero-order valence-corrected chi connectivity index (χ0v) is 12.4. The van der Waals surface area contributed by atoms with E-state index >= 15 is 0 Å². The van der Waals surface area contributed by atoms with Gasteiger partial charge in [-0.1, -0.05) is 32.0 Å². The van der Waals surface area contributed by atoms with Crippen LogP contribution in [-0.2, 0) is 0 Å². The summed E-state index contributed by atoms with van der Waals surface area (Å²) < 4.78 is 0. The Balaban J connectivity index is 0.00000116. The molecular weight excluding hydrogens is 282 g/mol. The molecule has 0 aliphatic rings. The Hall–Kier alpha value is -2.86. The maximum absolute atomic E-state index is 11.8. The van der Waals surface area contributed by atoms with E-state index in [4.69, 9.17) is 5.21 Å². The number of anilines is 1. The Morgan fingerprint density at radius 2 is 1.86 bits per heavy atom. The van der Waals surface area contributed by atoms with E-state index in [9.17, 15) is 9.90 Å². The number of hydrazone groups is 1. The van der Waals surface area contributed by atoms with Gasteiger partial charge < -0.3 is 5.11 Å². The summed E-state index contributed by atoms with van der Waals surface area (Å²) in [6, 6.07) is 12.9. The predicted molar refractivity (Wildman–Crippen MR) is 86.4 cm³/mol. The Morgan fingerprint density at radius 3 is 2.55 bits per heavy atom. The predicted octanol–water partition coefficient (Wildman–Crippen LogP) is 2.98. The van der Waals surface area contributed by atoms with Gasteiger partial charge in [-0.25, -0.2) is 5.43 Å². The molecule has 6 nitrogen and oxygen atoms in total. The number of amides is 1. The summed E-state index contributed by atoms with van der Waals surface area (Å²) in [5, 5.41) is 22.0. The maximum atomic E-state index is 11.8. The third-order valence-electron chi connectivity index (χ3n) is 2.56. The Kier molecular flexibility index (Phi) is 7.15. The summed E-state index contributed by atoms with van der Waals surface area (Å²) in [5.41, 5.74) is 5.55. The number of hydrogen-bond acceptors (Lipinski definition) is 5. The van der Waals surface area contributed by atoms with Crippen LogP contribution in [0.1, 0.15) is 29.8 Å². The molecule has 4 N–H and O–H groups in total. The molecule has 0 heterocycles. The molecule has 0 spiro atoms. The minimum Gasteiger partial charge on any atom is -0.507 e. The van der Waals surface area contributed by atoms with Crippen LogP contribution < -0.4 is 10.9 Å². The first-order valence-electron chi connectivity index (χ1n) is 6.82. The summed E-state index contributed by atoms with van der Waals surface area (Å²) in [4.78, 5) is 11.8. The highest BCUT2D eigenvalue weighted by molar-refractivity contribution is 5.95. The lowest BCUT2D eigenvalue weighted by molar-refractivity contribution is 0.0955. The number of rotatable bonds is 4. The highest BCUT2D eigenvalue weighted by atomic mass is 16.5. The maximum Gasteiger partial charge on any atom is 0.271 e. The summed E-state index contributed by atoms with van der Waals surface area (Å²) in [5.74, 6) is -0.342. The van der Waals surface area contributed by atoms with Crippen LogP contribution >= 0.6 is 0 Å². The van der Waals surface area contributed by atoms with Crippen molar-refractivity contribution in [2.45, 2.75) is 13.8 Å². The lowest BCUT2D eigenvalue weighted by Crippen LogP contribution is -2.17. The highest BCUT2D eigenvalue weighted by Gasteiger charge is 2.04. The minimum atomic E-state index is -0.422. The van der Waals surface area contributed by atoms with E-state index in [1.54, 1.807) is 36.4 Å². The molecular formula is C16H19N3O3. The third kappa shape index (κ3) is 4.92. The van der Waals surface area contributed by atoms with Gasteiger partial charge in [0.05, 0.1) is 11.9 Å². The van der Waals surface area contributed by atoms with Gasteiger partial charge in [0.2, 0.25) is 0 Å². The largest absolute Gasteiger partial charge is 0.507 e. The molecule has 0 radical (unpaired) electrons. The lowest BCUT2D eigenvalue weighted by atomic mass is 10.2. The molecule has 0 aliphatic heterocycles. The van der Waals surface area contributed by atoms with Crippen molar-refractivity contribution in [3.8, 4) is 5.75 Å². The molecule has 1 amide bonds. The Morgan fingerprint density at radius 1 is 1.14 bits per heavy atom. The highest BCUT2D eigenvalue weighted by Crippen LogP contribution is 2.12. The molecule has 0 saturated heterocycles. The van der Waals surface area contributed by atoms with E-state index in [1.165, 1.54) is 18.3 Å². The quantitative estimate of drug-likeness (QED) is 0.516.